The highest BCUT2D eigenvalue weighted by Gasteiger charge is 2.10. The molecule has 0 atom stereocenters. The molecule has 0 rings (SSSR count). The van der Waals surface area contributed by atoms with Crippen molar-refractivity contribution in [3.05, 3.63) is 12.2 Å². The Hall–Kier alpha value is -0.790. The van der Waals surface area contributed by atoms with E-state index in [2.05, 4.69) is 32.9 Å². The number of rotatable bonds is 8. The van der Waals surface area contributed by atoms with Gasteiger partial charge in [0.25, 0.3) is 0 Å². The third-order valence-corrected chi connectivity index (χ3v) is 2.53. The fourth-order valence-electron chi connectivity index (χ4n) is 1.71. The maximum Gasteiger partial charge on any atom is 0.302 e. The summed E-state index contributed by atoms with van der Waals surface area (Å²) >= 11 is 0. The Morgan fingerprint density at radius 1 is 1.31 bits per heavy atom. The number of hydrogen-bond donors (Lipinski definition) is 0. The Morgan fingerprint density at radius 3 is 2.56 bits per heavy atom. The number of allylic oxidation sites excluding steroid dienone is 2. The van der Waals surface area contributed by atoms with Gasteiger partial charge in [-0.2, -0.15) is 0 Å². The van der Waals surface area contributed by atoms with E-state index in [1.54, 1.807) is 0 Å². The van der Waals surface area contributed by atoms with Crippen molar-refractivity contribution in [2.75, 3.05) is 6.61 Å². The second-order valence-corrected chi connectivity index (χ2v) is 4.98. The third-order valence-electron chi connectivity index (χ3n) is 2.53. The number of unbranched alkanes of at least 4 members (excludes halogenated alkanes) is 2. The highest BCUT2D eigenvalue weighted by molar-refractivity contribution is 5.65. The van der Waals surface area contributed by atoms with Gasteiger partial charge in [-0.15, -0.1) is 0 Å². The minimum Gasteiger partial charge on any atom is -0.466 e. The summed E-state index contributed by atoms with van der Waals surface area (Å²) in [7, 11) is 0. The molecule has 0 saturated carbocycles. The quantitative estimate of drug-likeness (QED) is 0.354. The molecule has 2 nitrogen and oxygen atoms in total. The first kappa shape index (κ1) is 15.2. The molecule has 0 heterocycles. The van der Waals surface area contributed by atoms with E-state index in [0.717, 1.165) is 19.3 Å². The van der Waals surface area contributed by atoms with Crippen molar-refractivity contribution in [3.63, 3.8) is 0 Å². The van der Waals surface area contributed by atoms with Gasteiger partial charge in [-0.25, -0.2) is 0 Å². The van der Waals surface area contributed by atoms with Crippen LogP contribution in [0, 0.1) is 5.41 Å². The van der Waals surface area contributed by atoms with Gasteiger partial charge in [-0.3, -0.25) is 4.79 Å². The van der Waals surface area contributed by atoms with Crippen LogP contribution in [0.5, 0.6) is 0 Å². The van der Waals surface area contributed by atoms with E-state index in [4.69, 9.17) is 4.74 Å². The van der Waals surface area contributed by atoms with Crippen molar-refractivity contribution in [3.8, 4) is 0 Å². The molecule has 0 aromatic heterocycles. The highest BCUT2D eigenvalue weighted by Crippen LogP contribution is 2.23. The average Bonchev–Trinajstić information content (AvgIpc) is 2.15. The molecular weight excluding hydrogens is 200 g/mol. The number of esters is 1. The minimum atomic E-state index is -0.181. The Balaban J connectivity index is 3.50. The molecule has 0 aromatic carbocycles. The van der Waals surface area contributed by atoms with Crippen molar-refractivity contribution >= 4 is 5.97 Å². The molecule has 0 saturated heterocycles. The van der Waals surface area contributed by atoms with Crippen LogP contribution < -0.4 is 0 Å². The van der Waals surface area contributed by atoms with Crippen LogP contribution in [-0.4, -0.2) is 12.6 Å². The number of ether oxygens (including phenoxy) is 1. The molecule has 0 aromatic rings. The monoisotopic (exact) mass is 226 g/mol. The largest absolute Gasteiger partial charge is 0.466 e. The molecule has 2 heteroatoms. The third kappa shape index (κ3) is 9.75. The van der Waals surface area contributed by atoms with Gasteiger partial charge in [-0.05, 0) is 31.1 Å². The maximum atomic E-state index is 10.5. The summed E-state index contributed by atoms with van der Waals surface area (Å²) in [5, 5.41) is 0. The van der Waals surface area contributed by atoms with Gasteiger partial charge in [0.2, 0.25) is 0 Å². The predicted octanol–water partition coefficient (Wildman–Crippen LogP) is 4.10. The van der Waals surface area contributed by atoms with Crippen LogP contribution in [0.1, 0.15) is 59.8 Å². The van der Waals surface area contributed by atoms with Gasteiger partial charge in [-0.1, -0.05) is 39.3 Å². The Morgan fingerprint density at radius 2 is 2.00 bits per heavy atom. The molecule has 0 radical (unpaired) electrons. The van der Waals surface area contributed by atoms with E-state index in [-0.39, 0.29) is 5.97 Å². The van der Waals surface area contributed by atoms with Crippen LogP contribution in [0.4, 0.5) is 0 Å². The van der Waals surface area contributed by atoms with E-state index >= 15 is 0 Å². The van der Waals surface area contributed by atoms with Gasteiger partial charge >= 0.3 is 5.97 Å². The first-order chi connectivity index (χ1) is 7.48. The van der Waals surface area contributed by atoms with Crippen LogP contribution >= 0.6 is 0 Å². The lowest BCUT2D eigenvalue weighted by Gasteiger charge is -2.18. The van der Waals surface area contributed by atoms with E-state index in [0.29, 0.717) is 12.0 Å². The second kappa shape index (κ2) is 8.37. The molecule has 0 spiro atoms. The molecular formula is C14H26O2. The van der Waals surface area contributed by atoms with Gasteiger partial charge in [0.15, 0.2) is 0 Å². The van der Waals surface area contributed by atoms with E-state index in [1.165, 1.54) is 19.8 Å². The molecule has 16 heavy (non-hydrogen) atoms. The topological polar surface area (TPSA) is 26.3 Å². The normalized spacial score (nSPS) is 12.0. The lowest BCUT2D eigenvalue weighted by molar-refractivity contribution is -0.141. The smallest absolute Gasteiger partial charge is 0.302 e. The molecule has 0 fully saturated rings. The molecule has 0 amide bonds. The van der Waals surface area contributed by atoms with Gasteiger partial charge < -0.3 is 4.74 Å². The van der Waals surface area contributed by atoms with Crippen LogP contribution in [0.25, 0.3) is 0 Å². The van der Waals surface area contributed by atoms with Crippen LogP contribution in [0.2, 0.25) is 0 Å². The summed E-state index contributed by atoms with van der Waals surface area (Å²) in [6, 6.07) is 0. The predicted molar refractivity (Wildman–Crippen MR) is 68.3 cm³/mol. The molecule has 0 aliphatic carbocycles. The average molecular weight is 226 g/mol. The van der Waals surface area contributed by atoms with Gasteiger partial charge in [0.1, 0.15) is 0 Å². The summed E-state index contributed by atoms with van der Waals surface area (Å²) in [6.07, 6.45) is 10.1. The lowest BCUT2D eigenvalue weighted by atomic mass is 9.87. The Bertz CT molecular complexity index is 217. The molecule has 0 aliphatic rings. The van der Waals surface area contributed by atoms with Gasteiger partial charge in [0, 0.05) is 6.92 Å². The first-order valence-corrected chi connectivity index (χ1v) is 6.29. The molecule has 0 bridgehead atoms. The lowest BCUT2D eigenvalue weighted by Crippen LogP contribution is -2.05. The van der Waals surface area contributed by atoms with E-state index in [1.807, 2.05) is 0 Å². The summed E-state index contributed by atoms with van der Waals surface area (Å²) in [6.45, 7) is 8.76. The first-order valence-electron chi connectivity index (χ1n) is 6.29. The Kier molecular flexibility index (Phi) is 7.96. The fourth-order valence-corrected chi connectivity index (χ4v) is 1.71. The zero-order valence-electron chi connectivity index (χ0n) is 11.2. The van der Waals surface area contributed by atoms with Crippen molar-refractivity contribution in [2.24, 2.45) is 5.41 Å². The second-order valence-electron chi connectivity index (χ2n) is 4.98. The van der Waals surface area contributed by atoms with E-state index in [9.17, 15) is 4.79 Å². The Labute approximate surface area is 100 Å². The van der Waals surface area contributed by atoms with Crippen molar-refractivity contribution in [1.82, 2.24) is 0 Å². The van der Waals surface area contributed by atoms with Crippen LogP contribution in [0.3, 0.4) is 0 Å². The molecule has 0 N–H and O–H groups in total. The molecule has 0 aliphatic heterocycles. The molecule has 94 valence electrons. The number of hydrogen-bond acceptors (Lipinski definition) is 2. The summed E-state index contributed by atoms with van der Waals surface area (Å²) in [5.74, 6) is -0.181. The van der Waals surface area contributed by atoms with Crippen molar-refractivity contribution in [2.45, 2.75) is 59.8 Å². The van der Waals surface area contributed by atoms with Crippen LogP contribution in [-0.2, 0) is 9.53 Å². The SMILES string of the molecule is CCCC(C)(C)/C=C\CCCCOC(C)=O. The maximum absolute atomic E-state index is 10.5. The van der Waals surface area contributed by atoms with Crippen molar-refractivity contribution < 1.29 is 9.53 Å². The number of carbonyl (C=O) groups excluding carboxylic acids is 1. The highest BCUT2D eigenvalue weighted by atomic mass is 16.5. The van der Waals surface area contributed by atoms with Gasteiger partial charge in [0.05, 0.1) is 6.61 Å². The summed E-state index contributed by atoms with van der Waals surface area (Å²) in [5.41, 5.74) is 0.324. The zero-order chi connectivity index (χ0) is 12.4. The number of carbonyl (C=O) groups is 1. The molecule has 0 unspecified atom stereocenters. The summed E-state index contributed by atoms with van der Waals surface area (Å²) in [4.78, 5) is 10.5. The minimum absolute atomic E-state index is 0.181. The van der Waals surface area contributed by atoms with Crippen molar-refractivity contribution in [1.29, 1.82) is 0 Å². The standard InChI is InChI=1S/C14H26O2/c1-5-10-14(3,4)11-8-6-7-9-12-16-13(2)15/h8,11H,5-7,9-10,12H2,1-4H3/b11-8-. The zero-order valence-corrected chi connectivity index (χ0v) is 11.2. The van der Waals surface area contributed by atoms with Crippen LogP contribution in [0.15, 0.2) is 12.2 Å². The van der Waals surface area contributed by atoms with E-state index < -0.39 is 0 Å². The summed E-state index contributed by atoms with van der Waals surface area (Å²) < 4.78 is 4.86. The fraction of sp³-hybridized carbons (Fsp3) is 0.786.